The van der Waals surface area contributed by atoms with Crippen LogP contribution < -0.4 is 16.0 Å². The molecule has 8 heteroatoms. The summed E-state index contributed by atoms with van der Waals surface area (Å²) in [4.78, 5) is 33.4. The van der Waals surface area contributed by atoms with Crippen LogP contribution in [0.2, 0.25) is 0 Å². The van der Waals surface area contributed by atoms with Crippen LogP contribution in [0.5, 0.6) is 0 Å². The Hall–Kier alpha value is -3.16. The molecule has 3 N–H and O–H groups in total. The minimum Gasteiger partial charge on any atom is -0.350 e. The van der Waals surface area contributed by atoms with E-state index in [1.165, 1.54) is 0 Å². The fraction of sp³-hybridized carbons (Fsp3) is 0.368. The van der Waals surface area contributed by atoms with Gasteiger partial charge < -0.3 is 20.9 Å². The Morgan fingerprint density at radius 3 is 2.74 bits per heavy atom. The lowest BCUT2D eigenvalue weighted by molar-refractivity contribution is -0.132. The van der Waals surface area contributed by atoms with Crippen molar-refractivity contribution in [1.29, 1.82) is 0 Å². The number of nitrogens with one attached hydrogen (secondary N) is 3. The first-order valence-electron chi connectivity index (χ1n) is 8.92. The van der Waals surface area contributed by atoms with E-state index in [0.29, 0.717) is 25.5 Å². The molecule has 27 heavy (non-hydrogen) atoms. The number of rotatable bonds is 5. The Labute approximate surface area is 158 Å². The molecule has 1 aromatic heterocycles. The minimum absolute atomic E-state index is 0.165. The fourth-order valence-electron chi connectivity index (χ4n) is 3.00. The molecule has 1 aliphatic heterocycles. The van der Waals surface area contributed by atoms with E-state index in [4.69, 9.17) is 0 Å². The van der Waals surface area contributed by atoms with Crippen molar-refractivity contribution >= 4 is 17.9 Å². The summed E-state index contributed by atoms with van der Waals surface area (Å²) >= 11 is 0. The van der Waals surface area contributed by atoms with E-state index in [2.05, 4.69) is 25.9 Å². The van der Waals surface area contributed by atoms with Gasteiger partial charge >= 0.3 is 6.03 Å². The smallest absolute Gasteiger partial charge is 0.314 e. The number of aromatic nitrogens is 2. The molecule has 142 valence electrons. The largest absolute Gasteiger partial charge is 0.350 e. The second-order valence-electron chi connectivity index (χ2n) is 6.58. The highest BCUT2D eigenvalue weighted by Crippen LogP contribution is 2.20. The zero-order chi connectivity index (χ0) is 19.2. The van der Waals surface area contributed by atoms with Crippen molar-refractivity contribution in [3.8, 4) is 11.1 Å². The molecule has 1 aromatic carbocycles. The van der Waals surface area contributed by atoms with E-state index in [-0.39, 0.29) is 18.0 Å². The minimum atomic E-state index is -0.214. The number of carbonyl (C=O) groups excluding carboxylic acids is 2. The van der Waals surface area contributed by atoms with Gasteiger partial charge in [-0.2, -0.15) is 0 Å². The third-order valence-corrected chi connectivity index (χ3v) is 4.55. The molecular weight excluding hydrogens is 344 g/mol. The summed E-state index contributed by atoms with van der Waals surface area (Å²) in [5.41, 5.74) is 2.88. The van der Waals surface area contributed by atoms with Crippen LogP contribution in [-0.2, 0) is 11.3 Å². The molecule has 1 aliphatic rings. The van der Waals surface area contributed by atoms with Crippen LogP contribution in [0, 0.1) is 0 Å². The molecule has 1 saturated heterocycles. The lowest BCUT2D eigenvalue weighted by Crippen LogP contribution is -2.43. The van der Waals surface area contributed by atoms with Crippen molar-refractivity contribution in [2.75, 3.05) is 26.0 Å². The monoisotopic (exact) mass is 368 g/mol. The lowest BCUT2D eigenvalue weighted by atomic mass is 10.1. The third kappa shape index (κ3) is 4.93. The molecule has 2 heterocycles. The normalized spacial score (nSPS) is 16.7. The SMILES string of the molecule is CNC(=O)NCc1cccc(-c2cnc(NC3CCC(=O)N(C)C3)nc2)c1. The number of anilines is 1. The molecule has 0 bridgehead atoms. The third-order valence-electron chi connectivity index (χ3n) is 4.55. The first kappa shape index (κ1) is 18.6. The van der Waals surface area contributed by atoms with Crippen molar-refractivity contribution in [2.24, 2.45) is 0 Å². The summed E-state index contributed by atoms with van der Waals surface area (Å²) in [5, 5.41) is 8.59. The predicted octanol–water partition coefficient (Wildman–Crippen LogP) is 1.61. The molecule has 8 nitrogen and oxygen atoms in total. The van der Waals surface area contributed by atoms with Gasteiger partial charge in [-0.05, 0) is 23.6 Å². The predicted molar refractivity (Wildman–Crippen MR) is 103 cm³/mol. The van der Waals surface area contributed by atoms with Crippen LogP contribution in [0.25, 0.3) is 11.1 Å². The summed E-state index contributed by atoms with van der Waals surface area (Å²) in [6, 6.07) is 7.83. The number of likely N-dealkylation sites (tertiary alicyclic amines) is 1. The Bertz CT molecular complexity index is 808. The number of amides is 3. The number of hydrogen-bond donors (Lipinski definition) is 3. The fourth-order valence-corrected chi connectivity index (χ4v) is 3.00. The van der Waals surface area contributed by atoms with Crippen LogP contribution in [0.3, 0.4) is 0 Å². The summed E-state index contributed by atoms with van der Waals surface area (Å²) in [6.45, 7) is 1.10. The molecule has 3 amide bonds. The van der Waals surface area contributed by atoms with E-state index in [0.717, 1.165) is 23.1 Å². The maximum absolute atomic E-state index is 11.6. The number of hydrogen-bond acceptors (Lipinski definition) is 5. The maximum atomic E-state index is 11.6. The highest BCUT2D eigenvalue weighted by atomic mass is 16.2. The molecule has 0 spiro atoms. The first-order chi connectivity index (χ1) is 13.0. The van der Waals surface area contributed by atoms with Gasteiger partial charge in [-0.3, -0.25) is 4.79 Å². The van der Waals surface area contributed by atoms with Gasteiger partial charge in [0.2, 0.25) is 11.9 Å². The summed E-state index contributed by atoms with van der Waals surface area (Å²) in [6.07, 6.45) is 4.88. The van der Waals surface area contributed by atoms with Crippen LogP contribution in [-0.4, -0.2) is 53.5 Å². The first-order valence-corrected chi connectivity index (χ1v) is 8.92. The average molecular weight is 368 g/mol. The number of nitrogens with zero attached hydrogens (tertiary/aromatic N) is 3. The van der Waals surface area contributed by atoms with Gasteiger partial charge in [0.25, 0.3) is 0 Å². The van der Waals surface area contributed by atoms with Crippen LogP contribution >= 0.6 is 0 Å². The average Bonchev–Trinajstić information content (AvgIpc) is 2.70. The quantitative estimate of drug-likeness (QED) is 0.745. The maximum Gasteiger partial charge on any atom is 0.314 e. The van der Waals surface area contributed by atoms with Gasteiger partial charge in [-0.25, -0.2) is 14.8 Å². The van der Waals surface area contributed by atoms with Crippen molar-refractivity contribution in [3.05, 3.63) is 42.2 Å². The zero-order valence-corrected chi connectivity index (χ0v) is 15.5. The van der Waals surface area contributed by atoms with E-state index in [9.17, 15) is 9.59 Å². The molecule has 0 aliphatic carbocycles. The van der Waals surface area contributed by atoms with Crippen LogP contribution in [0.15, 0.2) is 36.7 Å². The van der Waals surface area contributed by atoms with Gasteiger partial charge in [0.15, 0.2) is 0 Å². The van der Waals surface area contributed by atoms with Crippen molar-refractivity contribution in [3.63, 3.8) is 0 Å². The van der Waals surface area contributed by atoms with E-state index < -0.39 is 0 Å². The number of piperidine rings is 1. The van der Waals surface area contributed by atoms with Gasteiger partial charge in [0, 0.05) is 57.6 Å². The molecule has 0 saturated carbocycles. The second-order valence-corrected chi connectivity index (χ2v) is 6.58. The molecule has 1 unspecified atom stereocenters. The van der Waals surface area contributed by atoms with Crippen LogP contribution in [0.4, 0.5) is 10.7 Å². The number of likely N-dealkylation sites (N-methyl/N-ethyl adjacent to an activating group) is 1. The number of benzene rings is 1. The second kappa shape index (κ2) is 8.48. The molecule has 0 radical (unpaired) electrons. The number of carbonyl (C=O) groups is 2. The Morgan fingerprint density at radius 1 is 1.26 bits per heavy atom. The van der Waals surface area contributed by atoms with Crippen molar-refractivity contribution in [1.82, 2.24) is 25.5 Å². The number of urea groups is 1. The highest BCUT2D eigenvalue weighted by molar-refractivity contribution is 5.77. The zero-order valence-electron chi connectivity index (χ0n) is 15.5. The standard InChI is InChI=1S/C19H24N6O2/c1-20-19(27)23-9-13-4-3-5-14(8-13)15-10-21-18(22-11-15)24-16-6-7-17(26)25(2)12-16/h3-5,8,10-11,16H,6-7,9,12H2,1-2H3,(H2,20,23,27)(H,21,22,24). The Balaban J connectivity index is 1.63. The van der Waals surface area contributed by atoms with Crippen LogP contribution in [0.1, 0.15) is 18.4 Å². The van der Waals surface area contributed by atoms with Crippen molar-refractivity contribution in [2.45, 2.75) is 25.4 Å². The molecule has 2 aromatic rings. The molecular formula is C19H24N6O2. The van der Waals surface area contributed by atoms with E-state index in [1.54, 1.807) is 24.3 Å². The van der Waals surface area contributed by atoms with Gasteiger partial charge in [-0.1, -0.05) is 18.2 Å². The van der Waals surface area contributed by atoms with E-state index in [1.807, 2.05) is 31.3 Å². The van der Waals surface area contributed by atoms with Gasteiger partial charge in [0.05, 0.1) is 0 Å². The van der Waals surface area contributed by atoms with Gasteiger partial charge in [0.1, 0.15) is 0 Å². The molecule has 1 atom stereocenters. The Morgan fingerprint density at radius 2 is 2.04 bits per heavy atom. The topological polar surface area (TPSA) is 99.2 Å². The summed E-state index contributed by atoms with van der Waals surface area (Å²) in [5.74, 6) is 0.735. The highest BCUT2D eigenvalue weighted by Gasteiger charge is 2.23. The van der Waals surface area contributed by atoms with Gasteiger partial charge in [-0.15, -0.1) is 0 Å². The summed E-state index contributed by atoms with van der Waals surface area (Å²) < 4.78 is 0. The lowest BCUT2D eigenvalue weighted by Gasteiger charge is -2.30. The van der Waals surface area contributed by atoms with Crippen molar-refractivity contribution < 1.29 is 9.59 Å². The molecule has 1 fully saturated rings. The summed E-state index contributed by atoms with van der Waals surface area (Å²) in [7, 11) is 3.40. The Kier molecular flexibility index (Phi) is 5.85. The molecule has 3 rings (SSSR count). The van der Waals surface area contributed by atoms with E-state index >= 15 is 0 Å².